The number of nitrogens with zero attached hydrogens (tertiary/aromatic N) is 1. The van der Waals surface area contributed by atoms with Crippen LogP contribution in [-0.4, -0.2) is 4.98 Å². The second-order valence-corrected chi connectivity index (χ2v) is 5.42. The molecule has 0 amide bonds. The third kappa shape index (κ3) is 3.70. The van der Waals surface area contributed by atoms with E-state index in [0.717, 1.165) is 31.7 Å². The van der Waals surface area contributed by atoms with Crippen LogP contribution in [0.1, 0.15) is 55.7 Å². The molecule has 1 aromatic rings. The fraction of sp³-hybridized carbons (Fsp3) is 0.643. The molecule has 1 aliphatic rings. The highest BCUT2D eigenvalue weighted by molar-refractivity contribution is 5.29. The summed E-state index contributed by atoms with van der Waals surface area (Å²) >= 11 is 0. The van der Waals surface area contributed by atoms with Gasteiger partial charge in [0.2, 0.25) is 0 Å². The largest absolute Gasteiger partial charge is 0.416 e. The minimum atomic E-state index is -4.38. The molecule has 2 rings (SSSR count). The van der Waals surface area contributed by atoms with Gasteiger partial charge in [-0.3, -0.25) is 16.3 Å². The smallest absolute Gasteiger partial charge is 0.271 e. The van der Waals surface area contributed by atoms with E-state index in [1.807, 2.05) is 0 Å². The maximum absolute atomic E-state index is 13.0. The van der Waals surface area contributed by atoms with E-state index in [1.54, 1.807) is 0 Å². The number of aromatic nitrogens is 1. The number of pyridine rings is 1. The average molecular weight is 287 g/mol. The minimum Gasteiger partial charge on any atom is -0.271 e. The van der Waals surface area contributed by atoms with Crippen LogP contribution >= 0.6 is 0 Å². The highest BCUT2D eigenvalue weighted by Gasteiger charge is 2.35. The van der Waals surface area contributed by atoms with E-state index in [0.29, 0.717) is 12.3 Å². The van der Waals surface area contributed by atoms with Gasteiger partial charge in [-0.05, 0) is 18.4 Å². The van der Waals surface area contributed by atoms with Crippen molar-refractivity contribution in [2.24, 2.45) is 11.8 Å². The van der Waals surface area contributed by atoms with E-state index in [-0.39, 0.29) is 5.56 Å². The second-order valence-electron chi connectivity index (χ2n) is 5.42. The molecule has 0 saturated heterocycles. The summed E-state index contributed by atoms with van der Waals surface area (Å²) in [6.07, 6.45) is 4.36. The minimum absolute atomic E-state index is 0.146. The predicted molar refractivity (Wildman–Crippen MR) is 70.5 cm³/mol. The number of hydrazine groups is 1. The average Bonchev–Trinajstić information content (AvgIpc) is 2.45. The third-order valence-corrected chi connectivity index (χ3v) is 4.03. The Labute approximate surface area is 116 Å². The molecule has 1 saturated carbocycles. The Kier molecular flexibility index (Phi) is 4.99. The molecule has 112 valence electrons. The topological polar surface area (TPSA) is 50.9 Å². The molecule has 3 nitrogen and oxygen atoms in total. The zero-order valence-corrected chi connectivity index (χ0v) is 11.3. The monoisotopic (exact) mass is 287 g/mol. The van der Waals surface area contributed by atoms with Crippen LogP contribution < -0.4 is 11.3 Å². The fourth-order valence-electron chi connectivity index (χ4n) is 2.98. The number of alkyl halides is 3. The van der Waals surface area contributed by atoms with E-state index < -0.39 is 17.8 Å². The lowest BCUT2D eigenvalue weighted by molar-refractivity contribution is -0.138. The lowest BCUT2D eigenvalue weighted by atomic mass is 9.83. The number of hydrogen-bond donors (Lipinski definition) is 2. The first kappa shape index (κ1) is 15.3. The van der Waals surface area contributed by atoms with Crippen molar-refractivity contribution in [1.82, 2.24) is 10.4 Å². The van der Waals surface area contributed by atoms with E-state index in [2.05, 4.69) is 10.4 Å². The highest BCUT2D eigenvalue weighted by Crippen LogP contribution is 2.37. The van der Waals surface area contributed by atoms with Gasteiger partial charge in [-0.2, -0.15) is 13.2 Å². The molecule has 0 bridgehead atoms. The fourth-order valence-corrected chi connectivity index (χ4v) is 2.98. The van der Waals surface area contributed by atoms with E-state index in [4.69, 9.17) is 5.84 Å². The van der Waals surface area contributed by atoms with Gasteiger partial charge in [0.15, 0.2) is 0 Å². The quantitative estimate of drug-likeness (QED) is 0.657. The molecule has 0 radical (unpaired) electrons. The van der Waals surface area contributed by atoms with Crippen LogP contribution in [0.4, 0.5) is 13.2 Å². The Morgan fingerprint density at radius 2 is 2.00 bits per heavy atom. The maximum Gasteiger partial charge on any atom is 0.416 e. The van der Waals surface area contributed by atoms with Crippen molar-refractivity contribution in [3.8, 4) is 0 Å². The van der Waals surface area contributed by atoms with Crippen molar-refractivity contribution in [2.45, 2.75) is 50.7 Å². The molecule has 0 spiro atoms. The summed E-state index contributed by atoms with van der Waals surface area (Å²) in [6.45, 7) is 0. The second kappa shape index (κ2) is 6.54. The van der Waals surface area contributed by atoms with Gasteiger partial charge in [0, 0.05) is 24.0 Å². The maximum atomic E-state index is 13.0. The van der Waals surface area contributed by atoms with Crippen LogP contribution in [-0.2, 0) is 6.18 Å². The first-order valence-corrected chi connectivity index (χ1v) is 6.99. The number of nitrogens with one attached hydrogen (secondary N) is 1. The zero-order chi connectivity index (χ0) is 14.6. The number of rotatable bonds is 4. The van der Waals surface area contributed by atoms with E-state index in [1.165, 1.54) is 18.8 Å². The number of nitrogens with two attached hydrogens (primary N) is 1. The summed E-state index contributed by atoms with van der Waals surface area (Å²) in [7, 11) is 0. The van der Waals surface area contributed by atoms with Gasteiger partial charge in [-0.15, -0.1) is 0 Å². The summed E-state index contributed by atoms with van der Waals surface area (Å²) in [5.74, 6) is 5.93. The molecule has 1 heterocycles. The lowest BCUT2D eigenvalue weighted by Crippen LogP contribution is -2.32. The Balaban J connectivity index is 2.18. The van der Waals surface area contributed by atoms with Crippen molar-refractivity contribution in [1.29, 1.82) is 0 Å². The van der Waals surface area contributed by atoms with Crippen LogP contribution in [0.25, 0.3) is 0 Å². The van der Waals surface area contributed by atoms with Crippen LogP contribution in [0.5, 0.6) is 0 Å². The van der Waals surface area contributed by atoms with Crippen LogP contribution in [0, 0.1) is 5.92 Å². The molecule has 6 heteroatoms. The highest BCUT2D eigenvalue weighted by atomic mass is 19.4. The molecule has 0 aliphatic heterocycles. The van der Waals surface area contributed by atoms with Crippen LogP contribution in [0.15, 0.2) is 18.5 Å². The van der Waals surface area contributed by atoms with Crippen molar-refractivity contribution in [3.63, 3.8) is 0 Å². The standard InChI is InChI=1S/C14H20F3N3/c15-14(16,17)12-6-7-19-9-11(12)13(20-18)8-10-4-2-1-3-5-10/h6-7,9-10,13,20H,1-5,8,18H2. The molecule has 1 fully saturated rings. The molecule has 1 atom stereocenters. The van der Waals surface area contributed by atoms with Crippen molar-refractivity contribution in [2.75, 3.05) is 0 Å². The molecule has 1 aliphatic carbocycles. The SMILES string of the molecule is NNC(CC1CCCCC1)c1cnccc1C(F)(F)F. The number of hydrogen-bond acceptors (Lipinski definition) is 3. The molecule has 3 N–H and O–H groups in total. The van der Waals surface area contributed by atoms with Gasteiger partial charge in [-0.1, -0.05) is 32.1 Å². The lowest BCUT2D eigenvalue weighted by Gasteiger charge is -2.27. The van der Waals surface area contributed by atoms with Crippen molar-refractivity contribution >= 4 is 0 Å². The molecule has 1 aromatic heterocycles. The first-order valence-electron chi connectivity index (χ1n) is 6.99. The van der Waals surface area contributed by atoms with Crippen molar-refractivity contribution in [3.05, 3.63) is 29.6 Å². The summed E-state index contributed by atoms with van der Waals surface area (Å²) in [6, 6.07) is 0.518. The summed E-state index contributed by atoms with van der Waals surface area (Å²) in [5.41, 5.74) is 2.04. The van der Waals surface area contributed by atoms with Gasteiger partial charge >= 0.3 is 6.18 Å². The summed E-state index contributed by atoms with van der Waals surface area (Å²) in [4.78, 5) is 3.83. The molecule has 20 heavy (non-hydrogen) atoms. The van der Waals surface area contributed by atoms with Gasteiger partial charge in [-0.25, -0.2) is 0 Å². The summed E-state index contributed by atoms with van der Waals surface area (Å²) < 4.78 is 39.1. The Morgan fingerprint density at radius 1 is 1.30 bits per heavy atom. The molecular formula is C14H20F3N3. The Morgan fingerprint density at radius 3 is 2.60 bits per heavy atom. The molecule has 1 unspecified atom stereocenters. The van der Waals surface area contributed by atoms with Gasteiger partial charge in [0.25, 0.3) is 0 Å². The van der Waals surface area contributed by atoms with Crippen LogP contribution in [0.3, 0.4) is 0 Å². The van der Waals surface area contributed by atoms with Gasteiger partial charge < -0.3 is 0 Å². The first-order chi connectivity index (χ1) is 9.52. The van der Waals surface area contributed by atoms with Gasteiger partial charge in [0.1, 0.15) is 0 Å². The molecular weight excluding hydrogens is 267 g/mol. The Hall–Kier alpha value is -1.14. The van der Waals surface area contributed by atoms with E-state index in [9.17, 15) is 13.2 Å². The summed E-state index contributed by atoms with van der Waals surface area (Å²) in [5, 5.41) is 0. The zero-order valence-electron chi connectivity index (χ0n) is 11.3. The van der Waals surface area contributed by atoms with Crippen molar-refractivity contribution < 1.29 is 13.2 Å². The predicted octanol–water partition coefficient (Wildman–Crippen LogP) is 3.58. The third-order valence-electron chi connectivity index (χ3n) is 4.03. The van der Waals surface area contributed by atoms with E-state index >= 15 is 0 Å². The van der Waals surface area contributed by atoms with Gasteiger partial charge in [0.05, 0.1) is 5.56 Å². The molecule has 0 aromatic carbocycles. The Bertz CT molecular complexity index is 428. The number of halogens is 3. The normalized spacial score (nSPS) is 19.0. The van der Waals surface area contributed by atoms with Crippen LogP contribution in [0.2, 0.25) is 0 Å².